The van der Waals surface area contributed by atoms with Gasteiger partial charge < -0.3 is 19.1 Å². The largest absolute Gasteiger partial charge is 0.497 e. The molecule has 0 heterocycles. The number of para-hydroxylation sites is 1. The van der Waals surface area contributed by atoms with Crippen LogP contribution in [0, 0.1) is 0 Å². The van der Waals surface area contributed by atoms with Crippen molar-refractivity contribution in [3.05, 3.63) is 59.7 Å². The molecule has 5 heteroatoms. The van der Waals surface area contributed by atoms with Gasteiger partial charge in [0.1, 0.15) is 5.75 Å². The first-order valence-electron chi connectivity index (χ1n) is 7.86. The second-order valence-corrected chi connectivity index (χ2v) is 5.46. The molecule has 0 aliphatic carbocycles. The van der Waals surface area contributed by atoms with Crippen molar-refractivity contribution in [3.8, 4) is 17.2 Å². The molecule has 0 saturated carbocycles. The fraction of sp³-hybridized carbons (Fsp3) is 0.250. The van der Waals surface area contributed by atoms with Gasteiger partial charge in [-0.15, -0.1) is 0 Å². The molecule has 0 fully saturated rings. The van der Waals surface area contributed by atoms with Gasteiger partial charge in [0.05, 0.1) is 21.3 Å². The van der Waals surface area contributed by atoms with Gasteiger partial charge in [-0.2, -0.15) is 0 Å². The Kier molecular flexibility index (Phi) is 6.46. The van der Waals surface area contributed by atoms with Gasteiger partial charge in [-0.1, -0.05) is 24.3 Å². The number of rotatable bonds is 7. The number of hydrogen-bond acceptors (Lipinski definition) is 4. The number of likely N-dealkylation sites (N-methyl/N-ethyl adjacent to an activating group) is 1. The molecule has 25 heavy (non-hydrogen) atoms. The minimum absolute atomic E-state index is 0.104. The van der Waals surface area contributed by atoms with Gasteiger partial charge in [-0.25, -0.2) is 0 Å². The van der Waals surface area contributed by atoms with E-state index < -0.39 is 0 Å². The fourth-order valence-electron chi connectivity index (χ4n) is 2.45. The molecule has 0 unspecified atom stereocenters. The molecule has 0 N–H and O–H groups in total. The van der Waals surface area contributed by atoms with Crippen molar-refractivity contribution >= 4 is 12.0 Å². The molecule has 0 aromatic heterocycles. The predicted molar refractivity (Wildman–Crippen MR) is 98.0 cm³/mol. The zero-order chi connectivity index (χ0) is 18.2. The molecular formula is C20H23NO4. The summed E-state index contributed by atoms with van der Waals surface area (Å²) in [7, 11) is 6.54. The Morgan fingerprint density at radius 3 is 2.48 bits per heavy atom. The molecule has 0 bridgehead atoms. The highest BCUT2D eigenvalue weighted by Crippen LogP contribution is 2.31. The van der Waals surface area contributed by atoms with E-state index in [1.54, 1.807) is 45.4 Å². The van der Waals surface area contributed by atoms with E-state index >= 15 is 0 Å². The Bertz CT molecular complexity index is 755. The van der Waals surface area contributed by atoms with Crippen LogP contribution in [0.2, 0.25) is 0 Å². The number of amides is 1. The van der Waals surface area contributed by atoms with Crippen LogP contribution in [0.3, 0.4) is 0 Å². The summed E-state index contributed by atoms with van der Waals surface area (Å²) in [6, 6.07) is 13.1. The zero-order valence-electron chi connectivity index (χ0n) is 15.0. The quantitative estimate of drug-likeness (QED) is 0.725. The molecular weight excluding hydrogens is 318 g/mol. The summed E-state index contributed by atoms with van der Waals surface area (Å²) >= 11 is 0. The van der Waals surface area contributed by atoms with Crippen LogP contribution in [-0.2, 0) is 11.3 Å². The molecule has 2 aromatic carbocycles. The molecule has 0 radical (unpaired) electrons. The van der Waals surface area contributed by atoms with Gasteiger partial charge in [0, 0.05) is 25.2 Å². The zero-order valence-corrected chi connectivity index (χ0v) is 15.0. The third-order valence-corrected chi connectivity index (χ3v) is 3.78. The van der Waals surface area contributed by atoms with Crippen LogP contribution in [0.1, 0.15) is 11.1 Å². The van der Waals surface area contributed by atoms with Gasteiger partial charge in [0.15, 0.2) is 11.5 Å². The Balaban J connectivity index is 2.09. The lowest BCUT2D eigenvalue weighted by Crippen LogP contribution is -2.24. The molecule has 0 saturated heterocycles. The standard InChI is InChI=1S/C20H23NO4/c1-21(14-16-8-6-10-18(24-3)20(16)25-4)19(22)12-11-15-7-5-9-17(13-15)23-2/h5-13H,14H2,1-4H3/b12-11+. The Labute approximate surface area is 148 Å². The molecule has 132 valence electrons. The van der Waals surface area contributed by atoms with E-state index in [-0.39, 0.29) is 5.91 Å². The first kappa shape index (κ1) is 18.4. The van der Waals surface area contributed by atoms with Crippen molar-refractivity contribution in [2.24, 2.45) is 0 Å². The molecule has 2 rings (SSSR count). The minimum Gasteiger partial charge on any atom is -0.497 e. The van der Waals surface area contributed by atoms with Crippen LogP contribution in [0.4, 0.5) is 0 Å². The highest BCUT2D eigenvalue weighted by molar-refractivity contribution is 5.91. The third kappa shape index (κ3) is 4.76. The maximum atomic E-state index is 12.4. The first-order chi connectivity index (χ1) is 12.1. The van der Waals surface area contributed by atoms with Crippen LogP contribution in [0.5, 0.6) is 17.2 Å². The average molecular weight is 341 g/mol. The molecule has 2 aromatic rings. The summed E-state index contributed by atoms with van der Waals surface area (Å²) in [5, 5.41) is 0. The van der Waals surface area contributed by atoms with Crippen molar-refractivity contribution in [1.82, 2.24) is 4.90 Å². The van der Waals surface area contributed by atoms with Gasteiger partial charge >= 0.3 is 0 Å². The van der Waals surface area contributed by atoms with Crippen molar-refractivity contribution in [2.45, 2.75) is 6.54 Å². The van der Waals surface area contributed by atoms with E-state index in [9.17, 15) is 4.79 Å². The predicted octanol–water partition coefficient (Wildman–Crippen LogP) is 3.38. The number of carbonyl (C=O) groups is 1. The van der Waals surface area contributed by atoms with E-state index in [2.05, 4.69) is 0 Å². The second kappa shape index (κ2) is 8.78. The molecule has 0 atom stereocenters. The first-order valence-corrected chi connectivity index (χ1v) is 7.86. The molecule has 5 nitrogen and oxygen atoms in total. The molecule has 0 aliphatic heterocycles. The minimum atomic E-state index is -0.104. The lowest BCUT2D eigenvalue weighted by atomic mass is 10.1. The second-order valence-electron chi connectivity index (χ2n) is 5.46. The summed E-state index contributed by atoms with van der Waals surface area (Å²) in [5.74, 6) is 1.94. The maximum Gasteiger partial charge on any atom is 0.246 e. The van der Waals surface area contributed by atoms with Crippen LogP contribution >= 0.6 is 0 Å². The van der Waals surface area contributed by atoms with Crippen molar-refractivity contribution in [3.63, 3.8) is 0 Å². The summed E-state index contributed by atoms with van der Waals surface area (Å²) in [6.07, 6.45) is 3.31. The SMILES string of the molecule is COc1cccc(/C=C/C(=O)N(C)Cc2cccc(OC)c2OC)c1. The summed E-state index contributed by atoms with van der Waals surface area (Å²) < 4.78 is 15.9. The Hall–Kier alpha value is -2.95. The number of ether oxygens (including phenoxy) is 3. The van der Waals surface area contributed by atoms with Crippen molar-refractivity contribution in [1.29, 1.82) is 0 Å². The molecule has 1 amide bonds. The average Bonchev–Trinajstić information content (AvgIpc) is 2.65. The summed E-state index contributed by atoms with van der Waals surface area (Å²) in [5.41, 5.74) is 1.78. The highest BCUT2D eigenvalue weighted by atomic mass is 16.5. The van der Waals surface area contributed by atoms with E-state index in [1.807, 2.05) is 42.5 Å². The Morgan fingerprint density at radius 1 is 1.04 bits per heavy atom. The van der Waals surface area contributed by atoms with Crippen LogP contribution in [0.15, 0.2) is 48.5 Å². The van der Waals surface area contributed by atoms with Gasteiger partial charge in [0.2, 0.25) is 5.91 Å². The van der Waals surface area contributed by atoms with Crippen molar-refractivity contribution < 1.29 is 19.0 Å². The number of carbonyl (C=O) groups excluding carboxylic acids is 1. The number of methoxy groups -OCH3 is 3. The molecule has 0 aliphatic rings. The van der Waals surface area contributed by atoms with Crippen LogP contribution in [0.25, 0.3) is 6.08 Å². The Morgan fingerprint density at radius 2 is 1.80 bits per heavy atom. The highest BCUT2D eigenvalue weighted by Gasteiger charge is 2.13. The number of hydrogen-bond donors (Lipinski definition) is 0. The fourth-order valence-corrected chi connectivity index (χ4v) is 2.45. The third-order valence-electron chi connectivity index (χ3n) is 3.78. The van der Waals surface area contributed by atoms with Crippen molar-refractivity contribution in [2.75, 3.05) is 28.4 Å². The van der Waals surface area contributed by atoms with Gasteiger partial charge in [0.25, 0.3) is 0 Å². The summed E-state index contributed by atoms with van der Waals surface area (Å²) in [6.45, 7) is 0.418. The van der Waals surface area contributed by atoms with Crippen LogP contribution in [-0.4, -0.2) is 39.2 Å². The number of benzene rings is 2. The summed E-state index contributed by atoms with van der Waals surface area (Å²) in [4.78, 5) is 14.0. The van der Waals surface area contributed by atoms with Gasteiger partial charge in [-0.05, 0) is 29.8 Å². The van der Waals surface area contributed by atoms with E-state index in [0.717, 1.165) is 16.9 Å². The number of nitrogens with zero attached hydrogens (tertiary/aromatic N) is 1. The molecule has 0 spiro atoms. The maximum absolute atomic E-state index is 12.4. The normalized spacial score (nSPS) is 10.6. The van der Waals surface area contributed by atoms with Crippen LogP contribution < -0.4 is 14.2 Å². The van der Waals surface area contributed by atoms with E-state index in [1.165, 1.54) is 0 Å². The smallest absolute Gasteiger partial charge is 0.246 e. The topological polar surface area (TPSA) is 48.0 Å². The van der Waals surface area contributed by atoms with E-state index in [0.29, 0.717) is 18.0 Å². The monoisotopic (exact) mass is 341 g/mol. The lowest BCUT2D eigenvalue weighted by Gasteiger charge is -2.18. The van der Waals surface area contributed by atoms with Gasteiger partial charge in [-0.3, -0.25) is 4.79 Å². The van der Waals surface area contributed by atoms with E-state index in [4.69, 9.17) is 14.2 Å². The lowest BCUT2D eigenvalue weighted by molar-refractivity contribution is -0.125.